The van der Waals surface area contributed by atoms with E-state index in [1.807, 2.05) is 24.3 Å². The van der Waals surface area contributed by atoms with E-state index >= 15 is 0 Å². The van der Waals surface area contributed by atoms with Crippen LogP contribution in [-0.4, -0.2) is 11.1 Å². The number of nitrogens with zero attached hydrogens (tertiary/aromatic N) is 1. The molecule has 4 rings (SSSR count). The standard InChI is InChI=1S/C22H19ClN2O2/c23-20-12-19-17(9-10-25-22(19)26)11-21(20)27-18-7-5-16(6-8-18)15-3-1-14(13-24)2-4-15/h1-4,9-12,16,18H,5-8H2,(H,25,26)/t16-,18-. The predicted molar refractivity (Wildman–Crippen MR) is 106 cm³/mol. The Morgan fingerprint density at radius 1 is 1.07 bits per heavy atom. The zero-order valence-electron chi connectivity index (χ0n) is 14.7. The van der Waals surface area contributed by atoms with E-state index in [9.17, 15) is 4.79 Å². The lowest BCUT2D eigenvalue weighted by Gasteiger charge is -2.29. The van der Waals surface area contributed by atoms with E-state index < -0.39 is 0 Å². The van der Waals surface area contributed by atoms with E-state index in [0.717, 1.165) is 31.1 Å². The third kappa shape index (κ3) is 3.70. The Kier molecular flexibility index (Phi) is 4.87. The van der Waals surface area contributed by atoms with Crippen molar-refractivity contribution in [3.63, 3.8) is 0 Å². The Bertz CT molecular complexity index is 1060. The summed E-state index contributed by atoms with van der Waals surface area (Å²) >= 11 is 6.34. The van der Waals surface area contributed by atoms with Crippen LogP contribution in [0.15, 0.2) is 53.5 Å². The Hall–Kier alpha value is -2.77. The van der Waals surface area contributed by atoms with Crippen LogP contribution in [0, 0.1) is 11.3 Å². The van der Waals surface area contributed by atoms with Crippen LogP contribution in [0.2, 0.25) is 5.02 Å². The van der Waals surface area contributed by atoms with E-state index in [1.165, 1.54) is 5.56 Å². The fraction of sp³-hybridized carbons (Fsp3) is 0.273. The lowest BCUT2D eigenvalue weighted by atomic mass is 9.82. The zero-order valence-corrected chi connectivity index (χ0v) is 15.5. The molecule has 1 aliphatic rings. The molecule has 0 unspecified atom stereocenters. The molecule has 0 atom stereocenters. The van der Waals surface area contributed by atoms with Crippen LogP contribution in [0.4, 0.5) is 0 Å². The van der Waals surface area contributed by atoms with Crippen LogP contribution < -0.4 is 10.3 Å². The molecule has 1 fully saturated rings. The van der Waals surface area contributed by atoms with Crippen LogP contribution in [-0.2, 0) is 0 Å². The average Bonchev–Trinajstić information content (AvgIpc) is 2.70. The van der Waals surface area contributed by atoms with Gasteiger partial charge in [-0.2, -0.15) is 5.26 Å². The summed E-state index contributed by atoms with van der Waals surface area (Å²) < 4.78 is 6.17. The average molecular weight is 379 g/mol. The van der Waals surface area contributed by atoms with E-state index in [0.29, 0.717) is 27.6 Å². The lowest BCUT2D eigenvalue weighted by molar-refractivity contribution is 0.147. The third-order valence-corrected chi connectivity index (χ3v) is 5.60. The van der Waals surface area contributed by atoms with Crippen molar-refractivity contribution in [2.75, 3.05) is 0 Å². The van der Waals surface area contributed by atoms with Gasteiger partial charge >= 0.3 is 0 Å². The number of halogens is 1. The van der Waals surface area contributed by atoms with Crippen molar-refractivity contribution in [3.8, 4) is 11.8 Å². The van der Waals surface area contributed by atoms with Gasteiger partial charge in [-0.15, -0.1) is 0 Å². The number of aromatic amines is 1. The third-order valence-electron chi connectivity index (χ3n) is 5.31. The topological polar surface area (TPSA) is 65.9 Å². The maximum atomic E-state index is 11.9. The minimum absolute atomic E-state index is 0.122. The van der Waals surface area contributed by atoms with Gasteiger partial charge in [0, 0.05) is 11.6 Å². The highest BCUT2D eigenvalue weighted by molar-refractivity contribution is 6.32. The van der Waals surface area contributed by atoms with Crippen molar-refractivity contribution in [1.82, 2.24) is 4.98 Å². The number of aromatic nitrogens is 1. The van der Waals surface area contributed by atoms with Crippen LogP contribution >= 0.6 is 11.6 Å². The summed E-state index contributed by atoms with van der Waals surface area (Å²) in [6.45, 7) is 0. The molecule has 0 aliphatic heterocycles. The fourth-order valence-corrected chi connectivity index (χ4v) is 4.01. The molecular formula is C22H19ClN2O2. The number of rotatable bonds is 3. The largest absolute Gasteiger partial charge is 0.489 e. The molecular weight excluding hydrogens is 360 g/mol. The summed E-state index contributed by atoms with van der Waals surface area (Å²) in [5.74, 6) is 1.14. The lowest BCUT2D eigenvalue weighted by Crippen LogP contribution is -2.23. The number of hydrogen-bond acceptors (Lipinski definition) is 3. The van der Waals surface area contributed by atoms with E-state index in [2.05, 4.69) is 23.2 Å². The molecule has 1 N–H and O–H groups in total. The Morgan fingerprint density at radius 2 is 1.81 bits per heavy atom. The normalized spacial score (nSPS) is 19.6. The van der Waals surface area contributed by atoms with Gasteiger partial charge in [0.05, 0.1) is 22.8 Å². The number of nitrogens with one attached hydrogen (secondary N) is 1. The number of pyridine rings is 1. The van der Waals surface area contributed by atoms with Gasteiger partial charge in [0.15, 0.2) is 0 Å². The molecule has 3 aromatic rings. The van der Waals surface area contributed by atoms with Crippen LogP contribution in [0.1, 0.15) is 42.7 Å². The minimum Gasteiger partial charge on any atom is -0.489 e. The SMILES string of the molecule is N#Cc1ccc([C@H]2CC[C@H](Oc3cc4cc[nH]c(=O)c4cc3Cl)CC2)cc1. The first-order valence-corrected chi connectivity index (χ1v) is 9.49. The van der Waals surface area contributed by atoms with E-state index in [1.54, 1.807) is 12.3 Å². The molecule has 0 spiro atoms. The summed E-state index contributed by atoms with van der Waals surface area (Å²) in [6.07, 6.45) is 5.74. The van der Waals surface area contributed by atoms with Crippen molar-refractivity contribution in [2.45, 2.75) is 37.7 Å². The molecule has 5 heteroatoms. The molecule has 1 saturated carbocycles. The smallest absolute Gasteiger partial charge is 0.255 e. The predicted octanol–water partition coefficient (Wildman–Crippen LogP) is 5.16. The molecule has 0 saturated heterocycles. The first kappa shape index (κ1) is 17.6. The molecule has 0 bridgehead atoms. The first-order valence-electron chi connectivity index (χ1n) is 9.11. The van der Waals surface area contributed by atoms with Gasteiger partial charge in [-0.25, -0.2) is 0 Å². The maximum Gasteiger partial charge on any atom is 0.255 e. The number of H-pyrrole nitrogens is 1. The number of nitriles is 1. The number of hydrogen-bond donors (Lipinski definition) is 1. The molecule has 2 aromatic carbocycles. The molecule has 136 valence electrons. The number of benzene rings is 2. The van der Waals surface area contributed by atoms with Gasteiger partial charge < -0.3 is 9.72 Å². The monoisotopic (exact) mass is 378 g/mol. The van der Waals surface area contributed by atoms with E-state index in [4.69, 9.17) is 21.6 Å². The second-order valence-electron chi connectivity index (χ2n) is 7.00. The highest BCUT2D eigenvalue weighted by Crippen LogP contribution is 2.36. The molecule has 0 amide bonds. The summed E-state index contributed by atoms with van der Waals surface area (Å²) in [4.78, 5) is 14.5. The van der Waals surface area contributed by atoms with Gasteiger partial charge in [-0.05, 0) is 72.9 Å². The molecule has 1 aliphatic carbocycles. The highest BCUT2D eigenvalue weighted by Gasteiger charge is 2.24. The number of ether oxygens (including phenoxy) is 1. The second kappa shape index (κ2) is 7.46. The fourth-order valence-electron chi connectivity index (χ4n) is 3.80. The Morgan fingerprint density at radius 3 is 2.52 bits per heavy atom. The Labute approximate surface area is 162 Å². The van der Waals surface area contributed by atoms with Gasteiger partial charge in [0.25, 0.3) is 5.56 Å². The molecule has 1 aromatic heterocycles. The quantitative estimate of drug-likeness (QED) is 0.684. The van der Waals surface area contributed by atoms with Crippen molar-refractivity contribution < 1.29 is 4.74 Å². The highest BCUT2D eigenvalue weighted by atomic mass is 35.5. The molecule has 0 radical (unpaired) electrons. The molecule has 4 nitrogen and oxygen atoms in total. The van der Waals surface area contributed by atoms with Crippen LogP contribution in [0.25, 0.3) is 10.8 Å². The zero-order chi connectivity index (χ0) is 18.8. The van der Waals surface area contributed by atoms with Gasteiger partial charge in [0.1, 0.15) is 5.75 Å². The van der Waals surface area contributed by atoms with Crippen molar-refractivity contribution in [1.29, 1.82) is 5.26 Å². The van der Waals surface area contributed by atoms with Crippen molar-refractivity contribution >= 4 is 22.4 Å². The van der Waals surface area contributed by atoms with Gasteiger partial charge in [0.2, 0.25) is 0 Å². The van der Waals surface area contributed by atoms with Crippen molar-refractivity contribution in [2.24, 2.45) is 0 Å². The van der Waals surface area contributed by atoms with Crippen molar-refractivity contribution in [3.05, 3.63) is 75.2 Å². The van der Waals surface area contributed by atoms with Crippen LogP contribution in [0.3, 0.4) is 0 Å². The first-order chi connectivity index (χ1) is 13.1. The molecule has 1 heterocycles. The van der Waals surface area contributed by atoms with Gasteiger partial charge in [-0.1, -0.05) is 23.7 Å². The summed E-state index contributed by atoms with van der Waals surface area (Å²) in [5, 5.41) is 10.8. The molecule has 27 heavy (non-hydrogen) atoms. The summed E-state index contributed by atoms with van der Waals surface area (Å²) in [6, 6.07) is 15.4. The maximum absolute atomic E-state index is 11.9. The second-order valence-corrected chi connectivity index (χ2v) is 7.41. The van der Waals surface area contributed by atoms with Gasteiger partial charge in [-0.3, -0.25) is 4.79 Å². The Balaban J connectivity index is 1.44. The number of fused-ring (bicyclic) bond motifs is 1. The van der Waals surface area contributed by atoms with E-state index in [-0.39, 0.29) is 11.7 Å². The summed E-state index contributed by atoms with van der Waals surface area (Å²) in [5.41, 5.74) is 1.83. The minimum atomic E-state index is -0.149. The van der Waals surface area contributed by atoms with Crippen LogP contribution in [0.5, 0.6) is 5.75 Å². The summed E-state index contributed by atoms with van der Waals surface area (Å²) in [7, 11) is 0.